The summed E-state index contributed by atoms with van der Waals surface area (Å²) in [6, 6.07) is 8.83. The van der Waals surface area contributed by atoms with Gasteiger partial charge in [0.2, 0.25) is 0 Å². The van der Waals surface area contributed by atoms with Crippen molar-refractivity contribution >= 4 is 5.78 Å². The smallest absolute Gasteiger partial charge is 0.177 e. The van der Waals surface area contributed by atoms with Gasteiger partial charge in [-0.15, -0.1) is 0 Å². The van der Waals surface area contributed by atoms with Crippen LogP contribution in [0.3, 0.4) is 0 Å². The van der Waals surface area contributed by atoms with Crippen molar-refractivity contribution in [2.75, 3.05) is 6.61 Å². The van der Waals surface area contributed by atoms with Crippen LogP contribution in [0.2, 0.25) is 0 Å². The van der Waals surface area contributed by atoms with Crippen molar-refractivity contribution in [1.29, 1.82) is 5.26 Å². The summed E-state index contributed by atoms with van der Waals surface area (Å²) in [6.45, 7) is 2.75. The fourth-order valence-corrected chi connectivity index (χ4v) is 1.27. The zero-order chi connectivity index (χ0) is 11.8. The zero-order valence-electron chi connectivity index (χ0n) is 9.40. The fraction of sp³-hybridized carbons (Fsp3) is 0.385. The van der Waals surface area contributed by atoms with Crippen LogP contribution < -0.4 is 4.74 Å². The van der Waals surface area contributed by atoms with Crippen molar-refractivity contribution in [3.05, 3.63) is 29.8 Å². The van der Waals surface area contributed by atoms with E-state index in [-0.39, 0.29) is 12.2 Å². The molecule has 3 heteroatoms. The Kier molecular flexibility index (Phi) is 5.07. The van der Waals surface area contributed by atoms with E-state index in [0.717, 1.165) is 12.8 Å². The lowest BCUT2D eigenvalue weighted by atomic mass is 10.1. The maximum absolute atomic E-state index is 11.4. The van der Waals surface area contributed by atoms with Gasteiger partial charge in [0.25, 0.3) is 0 Å². The largest absolute Gasteiger partial charge is 0.494 e. The molecule has 1 rings (SSSR count). The molecule has 84 valence electrons. The first-order valence-corrected chi connectivity index (χ1v) is 5.41. The first-order valence-electron chi connectivity index (χ1n) is 5.41. The Morgan fingerprint density at radius 3 is 3.00 bits per heavy atom. The number of nitrogens with zero attached hydrogens (tertiary/aromatic N) is 1. The average molecular weight is 217 g/mol. The summed E-state index contributed by atoms with van der Waals surface area (Å²) < 4.78 is 5.48. The van der Waals surface area contributed by atoms with Crippen LogP contribution in [0, 0.1) is 11.3 Å². The standard InChI is InChI=1S/C13H15NO2/c1-2-3-9-16-12-6-4-5-11(10-12)13(15)7-8-14/h4-6,10H,2-3,7,9H2,1H3. The van der Waals surface area contributed by atoms with Gasteiger partial charge >= 0.3 is 0 Å². The number of ketones is 1. The number of Topliss-reactive ketones (excluding diaryl/α,β-unsaturated/α-hetero) is 1. The van der Waals surface area contributed by atoms with E-state index in [1.807, 2.05) is 12.1 Å². The normalized spacial score (nSPS) is 9.50. The molecule has 0 amide bonds. The summed E-state index contributed by atoms with van der Waals surface area (Å²) in [5.74, 6) is 0.528. The van der Waals surface area contributed by atoms with Crippen LogP contribution in [0.25, 0.3) is 0 Å². The second-order valence-corrected chi connectivity index (χ2v) is 3.49. The van der Waals surface area contributed by atoms with E-state index in [2.05, 4.69) is 6.92 Å². The SMILES string of the molecule is CCCCOc1cccc(C(=O)CC#N)c1. The number of carbonyl (C=O) groups excluding carboxylic acids is 1. The minimum atomic E-state index is -0.163. The molecular formula is C13H15NO2. The Morgan fingerprint density at radius 1 is 1.50 bits per heavy atom. The molecule has 0 spiro atoms. The first-order chi connectivity index (χ1) is 7.77. The molecule has 0 atom stereocenters. The molecule has 0 saturated carbocycles. The highest BCUT2D eigenvalue weighted by atomic mass is 16.5. The van der Waals surface area contributed by atoms with Crippen molar-refractivity contribution in [2.24, 2.45) is 0 Å². The summed E-state index contributed by atoms with van der Waals surface area (Å²) in [6.07, 6.45) is 1.99. The number of carbonyl (C=O) groups is 1. The highest BCUT2D eigenvalue weighted by Crippen LogP contribution is 2.15. The van der Waals surface area contributed by atoms with Gasteiger partial charge in [0.05, 0.1) is 19.1 Å². The molecular weight excluding hydrogens is 202 g/mol. The van der Waals surface area contributed by atoms with E-state index >= 15 is 0 Å². The van der Waals surface area contributed by atoms with Crippen molar-refractivity contribution < 1.29 is 9.53 Å². The summed E-state index contributed by atoms with van der Waals surface area (Å²) in [7, 11) is 0. The lowest BCUT2D eigenvalue weighted by molar-refractivity contribution is 0.0997. The maximum atomic E-state index is 11.4. The highest BCUT2D eigenvalue weighted by Gasteiger charge is 2.05. The second-order valence-electron chi connectivity index (χ2n) is 3.49. The Bertz CT molecular complexity index is 393. The zero-order valence-corrected chi connectivity index (χ0v) is 9.40. The summed E-state index contributed by atoms with van der Waals surface area (Å²) >= 11 is 0. The predicted molar refractivity (Wildman–Crippen MR) is 61.4 cm³/mol. The number of nitriles is 1. The number of hydrogen-bond acceptors (Lipinski definition) is 3. The van der Waals surface area contributed by atoms with Crippen LogP contribution in [0.5, 0.6) is 5.75 Å². The molecule has 0 N–H and O–H groups in total. The van der Waals surface area contributed by atoms with Gasteiger partial charge in [0.1, 0.15) is 5.75 Å². The average Bonchev–Trinajstić information content (AvgIpc) is 2.30. The molecule has 0 aliphatic carbocycles. The third-order valence-electron chi connectivity index (χ3n) is 2.16. The third-order valence-corrected chi connectivity index (χ3v) is 2.16. The van der Waals surface area contributed by atoms with Gasteiger partial charge in [0.15, 0.2) is 5.78 Å². The molecule has 16 heavy (non-hydrogen) atoms. The Labute approximate surface area is 95.7 Å². The summed E-state index contributed by atoms with van der Waals surface area (Å²) in [4.78, 5) is 11.4. The molecule has 0 aliphatic rings. The number of rotatable bonds is 6. The Morgan fingerprint density at radius 2 is 2.31 bits per heavy atom. The Hall–Kier alpha value is -1.82. The van der Waals surface area contributed by atoms with Gasteiger partial charge < -0.3 is 4.74 Å². The quantitative estimate of drug-likeness (QED) is 0.543. The fourth-order valence-electron chi connectivity index (χ4n) is 1.27. The second kappa shape index (κ2) is 6.62. The minimum Gasteiger partial charge on any atom is -0.494 e. The molecule has 0 unspecified atom stereocenters. The van der Waals surface area contributed by atoms with E-state index in [1.54, 1.807) is 18.2 Å². The van der Waals surface area contributed by atoms with Crippen LogP contribution in [0.4, 0.5) is 0 Å². The molecule has 0 fully saturated rings. The Balaban J connectivity index is 2.64. The lowest BCUT2D eigenvalue weighted by Gasteiger charge is -2.06. The monoisotopic (exact) mass is 217 g/mol. The van der Waals surface area contributed by atoms with E-state index in [0.29, 0.717) is 17.9 Å². The molecule has 1 aromatic rings. The number of hydrogen-bond donors (Lipinski definition) is 0. The maximum Gasteiger partial charge on any atom is 0.177 e. The van der Waals surface area contributed by atoms with E-state index < -0.39 is 0 Å². The van der Waals surface area contributed by atoms with Gasteiger partial charge in [-0.05, 0) is 18.6 Å². The van der Waals surface area contributed by atoms with Crippen LogP contribution in [-0.4, -0.2) is 12.4 Å². The summed E-state index contributed by atoms with van der Waals surface area (Å²) in [5.41, 5.74) is 0.538. The van der Waals surface area contributed by atoms with Gasteiger partial charge in [-0.25, -0.2) is 0 Å². The summed E-state index contributed by atoms with van der Waals surface area (Å²) in [5, 5.41) is 8.44. The molecule has 1 aromatic carbocycles. The van der Waals surface area contributed by atoms with Crippen molar-refractivity contribution in [1.82, 2.24) is 0 Å². The third kappa shape index (κ3) is 3.74. The molecule has 0 heterocycles. The van der Waals surface area contributed by atoms with Crippen LogP contribution in [0.15, 0.2) is 24.3 Å². The lowest BCUT2D eigenvalue weighted by Crippen LogP contribution is -2.00. The van der Waals surface area contributed by atoms with Crippen LogP contribution >= 0.6 is 0 Å². The molecule has 0 radical (unpaired) electrons. The van der Waals surface area contributed by atoms with Crippen LogP contribution in [-0.2, 0) is 0 Å². The van der Waals surface area contributed by atoms with Crippen molar-refractivity contribution in [3.8, 4) is 11.8 Å². The number of benzene rings is 1. The topological polar surface area (TPSA) is 50.1 Å². The van der Waals surface area contributed by atoms with E-state index in [1.165, 1.54) is 0 Å². The van der Waals surface area contributed by atoms with Crippen LogP contribution in [0.1, 0.15) is 36.5 Å². The molecule has 3 nitrogen and oxygen atoms in total. The molecule has 0 saturated heterocycles. The highest BCUT2D eigenvalue weighted by molar-refractivity contribution is 5.97. The van der Waals surface area contributed by atoms with Gasteiger partial charge in [-0.3, -0.25) is 4.79 Å². The predicted octanol–water partition coefficient (Wildman–Crippen LogP) is 2.96. The minimum absolute atomic E-state index is 0.0849. The number of ether oxygens (including phenoxy) is 1. The van der Waals surface area contributed by atoms with E-state index in [9.17, 15) is 4.79 Å². The van der Waals surface area contributed by atoms with Gasteiger partial charge in [-0.2, -0.15) is 5.26 Å². The molecule has 0 bridgehead atoms. The van der Waals surface area contributed by atoms with E-state index in [4.69, 9.17) is 10.00 Å². The van der Waals surface area contributed by atoms with Crippen molar-refractivity contribution in [3.63, 3.8) is 0 Å². The van der Waals surface area contributed by atoms with Crippen molar-refractivity contribution in [2.45, 2.75) is 26.2 Å². The van der Waals surface area contributed by atoms with Gasteiger partial charge in [-0.1, -0.05) is 25.5 Å². The molecule has 0 aromatic heterocycles. The number of unbranched alkanes of at least 4 members (excludes halogenated alkanes) is 1. The van der Waals surface area contributed by atoms with Gasteiger partial charge in [0, 0.05) is 5.56 Å². The molecule has 0 aliphatic heterocycles. The first kappa shape index (κ1) is 12.3.